The van der Waals surface area contributed by atoms with Crippen molar-refractivity contribution in [2.45, 2.75) is 18.8 Å². The van der Waals surface area contributed by atoms with Gasteiger partial charge < -0.3 is 15.3 Å². The molecule has 2 amide bonds. The number of rotatable bonds is 5. The summed E-state index contributed by atoms with van der Waals surface area (Å²) in [5, 5.41) is 12.0. The fourth-order valence-electron chi connectivity index (χ4n) is 3.14. The standard InChI is InChI=1S/C20H19FN2O4/c1-23-17-8-4-14(10-13(17)5-9-18(23)24)19(25)22-11-16(20(26)27)12-2-6-15(21)7-3-12/h2-4,6-8,10,16H,5,9,11H2,1H3,(H,22,25)(H,26,27). The maximum atomic E-state index is 13.0. The lowest BCUT2D eigenvalue weighted by atomic mass is 9.98. The topological polar surface area (TPSA) is 86.7 Å². The van der Waals surface area contributed by atoms with E-state index in [2.05, 4.69) is 5.32 Å². The summed E-state index contributed by atoms with van der Waals surface area (Å²) in [5.41, 5.74) is 2.49. The number of nitrogens with one attached hydrogen (secondary N) is 1. The minimum absolute atomic E-state index is 0.0308. The lowest BCUT2D eigenvalue weighted by molar-refractivity contribution is -0.138. The Morgan fingerprint density at radius 1 is 1.19 bits per heavy atom. The van der Waals surface area contributed by atoms with Crippen LogP contribution in [0, 0.1) is 5.82 Å². The number of anilines is 1. The van der Waals surface area contributed by atoms with Crippen LogP contribution in [0.3, 0.4) is 0 Å². The number of carbonyl (C=O) groups is 3. The summed E-state index contributed by atoms with van der Waals surface area (Å²) in [7, 11) is 1.69. The van der Waals surface area contributed by atoms with E-state index in [4.69, 9.17) is 0 Å². The Balaban J connectivity index is 1.72. The summed E-state index contributed by atoms with van der Waals surface area (Å²) in [6.07, 6.45) is 0.952. The Morgan fingerprint density at radius 3 is 2.56 bits per heavy atom. The van der Waals surface area contributed by atoms with E-state index < -0.39 is 23.6 Å². The van der Waals surface area contributed by atoms with E-state index in [0.717, 1.165) is 11.3 Å². The van der Waals surface area contributed by atoms with Crippen LogP contribution in [0.4, 0.5) is 10.1 Å². The molecule has 0 bridgehead atoms. The van der Waals surface area contributed by atoms with Crippen molar-refractivity contribution < 1.29 is 23.9 Å². The number of aliphatic carboxylic acids is 1. The van der Waals surface area contributed by atoms with E-state index in [-0.39, 0.29) is 12.5 Å². The number of benzene rings is 2. The third-order valence-corrected chi connectivity index (χ3v) is 4.72. The first-order chi connectivity index (χ1) is 12.9. The number of halogens is 1. The molecule has 27 heavy (non-hydrogen) atoms. The smallest absolute Gasteiger partial charge is 0.312 e. The molecule has 2 aromatic carbocycles. The molecule has 1 atom stereocenters. The monoisotopic (exact) mass is 370 g/mol. The molecule has 140 valence electrons. The molecule has 0 spiro atoms. The first-order valence-corrected chi connectivity index (χ1v) is 8.53. The molecule has 7 heteroatoms. The van der Waals surface area contributed by atoms with Crippen molar-refractivity contribution in [3.63, 3.8) is 0 Å². The zero-order chi connectivity index (χ0) is 19.6. The number of nitrogens with zero attached hydrogens (tertiary/aromatic N) is 1. The molecule has 1 unspecified atom stereocenters. The van der Waals surface area contributed by atoms with Crippen LogP contribution in [0.5, 0.6) is 0 Å². The van der Waals surface area contributed by atoms with E-state index in [1.807, 2.05) is 0 Å². The Kier molecular flexibility index (Phi) is 5.21. The maximum Gasteiger partial charge on any atom is 0.312 e. The summed E-state index contributed by atoms with van der Waals surface area (Å²) < 4.78 is 13.0. The largest absolute Gasteiger partial charge is 0.481 e. The molecule has 2 aromatic rings. The predicted molar refractivity (Wildman–Crippen MR) is 97.3 cm³/mol. The van der Waals surface area contributed by atoms with Gasteiger partial charge in [0.05, 0.1) is 5.92 Å². The molecule has 3 rings (SSSR count). The molecule has 0 saturated carbocycles. The molecular weight excluding hydrogens is 351 g/mol. The van der Waals surface area contributed by atoms with Crippen LogP contribution in [0.2, 0.25) is 0 Å². The van der Waals surface area contributed by atoms with Gasteiger partial charge in [-0.05, 0) is 47.9 Å². The normalized spacial score (nSPS) is 14.4. The lowest BCUT2D eigenvalue weighted by Gasteiger charge is -2.26. The minimum Gasteiger partial charge on any atom is -0.481 e. The molecule has 6 nitrogen and oxygen atoms in total. The Labute approximate surface area is 155 Å². The zero-order valence-electron chi connectivity index (χ0n) is 14.7. The summed E-state index contributed by atoms with van der Waals surface area (Å²) in [6.45, 7) is -0.116. The maximum absolute atomic E-state index is 13.0. The van der Waals surface area contributed by atoms with E-state index in [1.54, 1.807) is 30.1 Å². The van der Waals surface area contributed by atoms with Crippen molar-refractivity contribution in [2.24, 2.45) is 0 Å². The molecule has 1 aliphatic rings. The molecule has 0 radical (unpaired) electrons. The van der Waals surface area contributed by atoms with Gasteiger partial charge in [0, 0.05) is 31.3 Å². The summed E-state index contributed by atoms with van der Waals surface area (Å²) in [4.78, 5) is 37.3. The van der Waals surface area contributed by atoms with Crippen molar-refractivity contribution >= 4 is 23.5 Å². The number of carboxylic acid groups (broad SMARTS) is 1. The first-order valence-electron chi connectivity index (χ1n) is 8.53. The van der Waals surface area contributed by atoms with Gasteiger partial charge in [-0.1, -0.05) is 12.1 Å². The average molecular weight is 370 g/mol. The average Bonchev–Trinajstić information content (AvgIpc) is 2.65. The highest BCUT2D eigenvalue weighted by Gasteiger charge is 2.23. The number of fused-ring (bicyclic) bond motifs is 1. The summed E-state index contributed by atoms with van der Waals surface area (Å²) >= 11 is 0. The van der Waals surface area contributed by atoms with Crippen molar-refractivity contribution in [3.8, 4) is 0 Å². The second kappa shape index (κ2) is 7.57. The predicted octanol–water partition coefficient (Wildman–Crippen LogP) is 2.33. The van der Waals surface area contributed by atoms with E-state index in [9.17, 15) is 23.9 Å². The van der Waals surface area contributed by atoms with Gasteiger partial charge in [-0.3, -0.25) is 14.4 Å². The highest BCUT2D eigenvalue weighted by molar-refractivity contribution is 5.99. The van der Waals surface area contributed by atoms with E-state index >= 15 is 0 Å². The molecule has 1 aliphatic heterocycles. The fraction of sp³-hybridized carbons (Fsp3) is 0.250. The van der Waals surface area contributed by atoms with Gasteiger partial charge in [0.2, 0.25) is 5.91 Å². The van der Waals surface area contributed by atoms with Gasteiger partial charge in [0.15, 0.2) is 0 Å². The minimum atomic E-state index is -1.10. The molecular formula is C20H19FN2O4. The van der Waals surface area contributed by atoms with E-state index in [0.29, 0.717) is 24.0 Å². The van der Waals surface area contributed by atoms with Crippen LogP contribution in [0.15, 0.2) is 42.5 Å². The molecule has 2 N–H and O–H groups in total. The van der Waals surface area contributed by atoms with Crippen molar-refractivity contribution in [3.05, 3.63) is 65.0 Å². The Morgan fingerprint density at radius 2 is 1.89 bits per heavy atom. The second-order valence-corrected chi connectivity index (χ2v) is 6.45. The zero-order valence-corrected chi connectivity index (χ0v) is 14.7. The molecule has 0 saturated heterocycles. The molecule has 1 heterocycles. The van der Waals surface area contributed by atoms with Crippen molar-refractivity contribution in [2.75, 3.05) is 18.5 Å². The number of carbonyl (C=O) groups excluding carboxylic acids is 2. The highest BCUT2D eigenvalue weighted by Crippen LogP contribution is 2.27. The summed E-state index contributed by atoms with van der Waals surface area (Å²) in [6, 6.07) is 10.2. The number of aryl methyl sites for hydroxylation is 1. The Hall–Kier alpha value is -3.22. The van der Waals surface area contributed by atoms with Gasteiger partial charge in [-0.25, -0.2) is 4.39 Å². The number of amides is 2. The third kappa shape index (κ3) is 3.97. The van der Waals surface area contributed by atoms with Crippen LogP contribution in [0.1, 0.15) is 33.8 Å². The summed E-state index contributed by atoms with van der Waals surface area (Å²) in [5.74, 6) is -2.90. The quantitative estimate of drug-likeness (QED) is 0.846. The number of hydrogen-bond acceptors (Lipinski definition) is 3. The lowest BCUT2D eigenvalue weighted by Crippen LogP contribution is -2.33. The van der Waals surface area contributed by atoms with Gasteiger partial charge >= 0.3 is 5.97 Å². The van der Waals surface area contributed by atoms with Crippen LogP contribution in [-0.2, 0) is 16.0 Å². The molecule has 0 fully saturated rings. The second-order valence-electron chi connectivity index (χ2n) is 6.45. The van der Waals surface area contributed by atoms with Crippen molar-refractivity contribution in [1.29, 1.82) is 0 Å². The Bertz CT molecular complexity index is 895. The number of hydrogen-bond donors (Lipinski definition) is 2. The van der Waals surface area contributed by atoms with Gasteiger partial charge in [-0.2, -0.15) is 0 Å². The van der Waals surface area contributed by atoms with Crippen LogP contribution < -0.4 is 10.2 Å². The van der Waals surface area contributed by atoms with Crippen LogP contribution >= 0.6 is 0 Å². The number of carboxylic acids is 1. The van der Waals surface area contributed by atoms with E-state index in [1.165, 1.54) is 24.3 Å². The molecule has 0 aliphatic carbocycles. The first kappa shape index (κ1) is 18.6. The molecule has 0 aromatic heterocycles. The van der Waals surface area contributed by atoms with Gasteiger partial charge in [-0.15, -0.1) is 0 Å². The third-order valence-electron chi connectivity index (χ3n) is 4.72. The van der Waals surface area contributed by atoms with Gasteiger partial charge in [0.1, 0.15) is 5.82 Å². The van der Waals surface area contributed by atoms with Gasteiger partial charge in [0.25, 0.3) is 5.91 Å². The SMILES string of the molecule is CN1C(=O)CCc2cc(C(=O)NCC(C(=O)O)c3ccc(F)cc3)ccc21. The highest BCUT2D eigenvalue weighted by atomic mass is 19.1. The van der Waals surface area contributed by atoms with Crippen molar-refractivity contribution in [1.82, 2.24) is 5.32 Å². The fourth-order valence-corrected chi connectivity index (χ4v) is 3.14. The van der Waals surface area contributed by atoms with Crippen LogP contribution in [-0.4, -0.2) is 36.5 Å². The van der Waals surface area contributed by atoms with Crippen LogP contribution in [0.25, 0.3) is 0 Å².